The van der Waals surface area contributed by atoms with Gasteiger partial charge in [0.15, 0.2) is 5.96 Å². The highest BCUT2D eigenvalue weighted by molar-refractivity contribution is 14.0. The second-order valence-corrected chi connectivity index (χ2v) is 8.01. The predicted octanol–water partition coefficient (Wildman–Crippen LogP) is 2.69. The fourth-order valence-electron chi connectivity index (χ4n) is 4.12. The van der Waals surface area contributed by atoms with E-state index in [9.17, 15) is 0 Å². The minimum absolute atomic E-state index is 0. The van der Waals surface area contributed by atoms with Crippen molar-refractivity contribution in [1.82, 2.24) is 25.1 Å². The molecule has 1 N–H and O–H groups in total. The van der Waals surface area contributed by atoms with Crippen LogP contribution in [0.3, 0.4) is 0 Å². The molecule has 7 nitrogen and oxygen atoms in total. The molecule has 2 aliphatic heterocycles. The fraction of sp³-hybridized carbons (Fsp3) is 0.762. The van der Waals surface area contributed by atoms with Gasteiger partial charge in [-0.2, -0.15) is 0 Å². The van der Waals surface area contributed by atoms with Crippen molar-refractivity contribution in [3.05, 3.63) is 18.5 Å². The maximum absolute atomic E-state index is 4.90. The van der Waals surface area contributed by atoms with Crippen LogP contribution >= 0.6 is 24.0 Å². The summed E-state index contributed by atoms with van der Waals surface area (Å²) in [5.74, 6) is 2.76. The average Bonchev–Trinajstić information content (AvgIpc) is 2.74. The molecule has 8 heteroatoms. The number of guanidine groups is 1. The number of piperidine rings is 1. The summed E-state index contributed by atoms with van der Waals surface area (Å²) >= 11 is 0. The van der Waals surface area contributed by atoms with Crippen LogP contribution in [0.25, 0.3) is 0 Å². The molecule has 3 rings (SSSR count). The zero-order valence-electron chi connectivity index (χ0n) is 18.1. The molecule has 1 aromatic heterocycles. The van der Waals surface area contributed by atoms with Crippen molar-refractivity contribution in [2.45, 2.75) is 39.5 Å². The number of anilines is 1. The SMILES string of the molecule is CCNC(=NCCCCN1CCCC(C)C1)N1CCN(c2ncccn2)CC1.I. The van der Waals surface area contributed by atoms with Crippen LogP contribution in [-0.4, -0.2) is 84.6 Å². The molecule has 0 bridgehead atoms. The van der Waals surface area contributed by atoms with E-state index in [1.165, 1.54) is 38.9 Å². The van der Waals surface area contributed by atoms with Gasteiger partial charge in [-0.1, -0.05) is 6.92 Å². The van der Waals surface area contributed by atoms with Crippen LogP contribution in [0.4, 0.5) is 5.95 Å². The molecule has 0 aromatic carbocycles. The van der Waals surface area contributed by atoms with Gasteiger partial charge in [0.25, 0.3) is 0 Å². The minimum Gasteiger partial charge on any atom is -0.357 e. The van der Waals surface area contributed by atoms with Gasteiger partial charge in [-0.25, -0.2) is 9.97 Å². The zero-order chi connectivity index (χ0) is 19.6. The Morgan fingerprint density at radius 3 is 2.59 bits per heavy atom. The number of halogens is 1. The van der Waals surface area contributed by atoms with Crippen LogP contribution < -0.4 is 10.2 Å². The van der Waals surface area contributed by atoms with E-state index in [2.05, 4.69) is 43.8 Å². The molecule has 2 aliphatic rings. The summed E-state index contributed by atoms with van der Waals surface area (Å²) in [7, 11) is 0. The van der Waals surface area contributed by atoms with E-state index >= 15 is 0 Å². The van der Waals surface area contributed by atoms with E-state index in [1.54, 1.807) is 0 Å². The van der Waals surface area contributed by atoms with Gasteiger partial charge in [0, 0.05) is 58.2 Å². The summed E-state index contributed by atoms with van der Waals surface area (Å²) in [4.78, 5) is 20.9. The van der Waals surface area contributed by atoms with Crippen molar-refractivity contribution >= 4 is 35.9 Å². The lowest BCUT2D eigenvalue weighted by Crippen LogP contribution is -2.53. The number of hydrogen-bond acceptors (Lipinski definition) is 5. The molecule has 0 spiro atoms. The van der Waals surface area contributed by atoms with Crippen molar-refractivity contribution in [2.24, 2.45) is 10.9 Å². The Morgan fingerprint density at radius 1 is 1.14 bits per heavy atom. The van der Waals surface area contributed by atoms with E-state index in [0.717, 1.165) is 63.5 Å². The summed E-state index contributed by atoms with van der Waals surface area (Å²) in [5.41, 5.74) is 0. The molecule has 1 atom stereocenters. The molecule has 1 aromatic rings. The summed E-state index contributed by atoms with van der Waals surface area (Å²) in [6.45, 7) is 13.9. The van der Waals surface area contributed by atoms with Gasteiger partial charge in [-0.3, -0.25) is 4.99 Å². The van der Waals surface area contributed by atoms with Crippen molar-refractivity contribution < 1.29 is 0 Å². The molecule has 2 fully saturated rings. The van der Waals surface area contributed by atoms with E-state index in [1.807, 2.05) is 18.5 Å². The highest BCUT2D eigenvalue weighted by Crippen LogP contribution is 2.15. The topological polar surface area (TPSA) is 59.9 Å². The summed E-state index contributed by atoms with van der Waals surface area (Å²) in [5, 5.41) is 3.47. The van der Waals surface area contributed by atoms with Gasteiger partial charge in [0.1, 0.15) is 0 Å². The molecule has 29 heavy (non-hydrogen) atoms. The fourth-order valence-corrected chi connectivity index (χ4v) is 4.12. The van der Waals surface area contributed by atoms with Crippen LogP contribution in [-0.2, 0) is 0 Å². The number of piperazine rings is 1. The smallest absolute Gasteiger partial charge is 0.225 e. The number of unbranched alkanes of at least 4 members (excludes halogenated alkanes) is 1. The Bertz CT molecular complexity index is 590. The number of nitrogens with one attached hydrogen (secondary N) is 1. The molecular weight excluding hydrogens is 477 g/mol. The Hall–Kier alpha value is -1.16. The maximum Gasteiger partial charge on any atom is 0.225 e. The summed E-state index contributed by atoms with van der Waals surface area (Å²) in [6.07, 6.45) is 8.79. The number of rotatable bonds is 7. The number of aromatic nitrogens is 2. The van der Waals surface area contributed by atoms with E-state index < -0.39 is 0 Å². The normalized spacial score (nSPS) is 21.0. The molecule has 0 radical (unpaired) electrons. The van der Waals surface area contributed by atoms with Crippen LogP contribution in [0.1, 0.15) is 39.5 Å². The minimum atomic E-state index is 0. The lowest BCUT2D eigenvalue weighted by atomic mass is 10.0. The number of aliphatic imine (C=N–C) groups is 1. The Kier molecular flexibility index (Phi) is 11.0. The first-order valence-electron chi connectivity index (χ1n) is 11.0. The zero-order valence-corrected chi connectivity index (χ0v) is 20.4. The second-order valence-electron chi connectivity index (χ2n) is 8.01. The third-order valence-corrected chi connectivity index (χ3v) is 5.63. The largest absolute Gasteiger partial charge is 0.357 e. The quantitative estimate of drug-likeness (QED) is 0.261. The molecule has 0 amide bonds. The van der Waals surface area contributed by atoms with Gasteiger partial charge < -0.3 is 20.0 Å². The van der Waals surface area contributed by atoms with E-state index in [0.29, 0.717) is 0 Å². The standard InChI is InChI=1S/C21H37N7.HI/c1-3-22-20(23-9-4-5-12-26-13-6-8-19(2)18-26)27-14-16-28(17-15-27)21-24-10-7-11-25-21;/h7,10-11,19H,3-6,8-9,12-18H2,1-2H3,(H,22,23);1H. The molecular formula is C21H38IN7. The molecule has 0 saturated carbocycles. The van der Waals surface area contributed by atoms with Crippen LogP contribution in [0, 0.1) is 5.92 Å². The second kappa shape index (κ2) is 13.2. The molecule has 164 valence electrons. The molecule has 1 unspecified atom stereocenters. The highest BCUT2D eigenvalue weighted by atomic mass is 127. The van der Waals surface area contributed by atoms with Crippen molar-refractivity contribution in [2.75, 3.05) is 63.8 Å². The lowest BCUT2D eigenvalue weighted by Gasteiger charge is -2.36. The Labute approximate surface area is 193 Å². The highest BCUT2D eigenvalue weighted by Gasteiger charge is 2.21. The van der Waals surface area contributed by atoms with Gasteiger partial charge >= 0.3 is 0 Å². The summed E-state index contributed by atoms with van der Waals surface area (Å²) < 4.78 is 0. The van der Waals surface area contributed by atoms with Crippen molar-refractivity contribution in [3.8, 4) is 0 Å². The van der Waals surface area contributed by atoms with E-state index in [-0.39, 0.29) is 24.0 Å². The number of hydrogen-bond donors (Lipinski definition) is 1. The van der Waals surface area contributed by atoms with Crippen LogP contribution in [0.2, 0.25) is 0 Å². The van der Waals surface area contributed by atoms with E-state index in [4.69, 9.17) is 4.99 Å². The van der Waals surface area contributed by atoms with Gasteiger partial charge in [-0.15, -0.1) is 24.0 Å². The van der Waals surface area contributed by atoms with Gasteiger partial charge in [-0.05, 0) is 57.7 Å². The Morgan fingerprint density at radius 2 is 1.90 bits per heavy atom. The first kappa shape index (κ1) is 24.1. The molecule has 2 saturated heterocycles. The first-order chi connectivity index (χ1) is 13.8. The number of nitrogens with zero attached hydrogens (tertiary/aromatic N) is 6. The monoisotopic (exact) mass is 515 g/mol. The third-order valence-electron chi connectivity index (χ3n) is 5.63. The van der Waals surface area contributed by atoms with Crippen molar-refractivity contribution in [3.63, 3.8) is 0 Å². The average molecular weight is 515 g/mol. The molecule has 3 heterocycles. The Balaban J connectivity index is 0.00000300. The first-order valence-corrected chi connectivity index (χ1v) is 11.0. The van der Waals surface area contributed by atoms with Crippen LogP contribution in [0.5, 0.6) is 0 Å². The molecule has 0 aliphatic carbocycles. The van der Waals surface area contributed by atoms with Gasteiger partial charge in [0.05, 0.1) is 0 Å². The third kappa shape index (κ3) is 7.88. The van der Waals surface area contributed by atoms with Gasteiger partial charge in [0.2, 0.25) is 5.95 Å². The lowest BCUT2D eigenvalue weighted by molar-refractivity contribution is 0.181. The maximum atomic E-state index is 4.90. The predicted molar refractivity (Wildman–Crippen MR) is 131 cm³/mol. The summed E-state index contributed by atoms with van der Waals surface area (Å²) in [6, 6.07) is 1.86. The number of likely N-dealkylation sites (tertiary alicyclic amines) is 1. The van der Waals surface area contributed by atoms with Crippen LogP contribution in [0.15, 0.2) is 23.5 Å². The van der Waals surface area contributed by atoms with Crippen molar-refractivity contribution in [1.29, 1.82) is 0 Å².